The first-order valence-corrected chi connectivity index (χ1v) is 7.16. The molecule has 1 heterocycles. The van der Waals surface area contributed by atoms with Crippen molar-refractivity contribution in [2.45, 2.75) is 38.3 Å². The molecule has 0 radical (unpaired) electrons. The minimum absolute atomic E-state index is 0.418. The predicted molar refractivity (Wildman–Crippen MR) is 67.4 cm³/mol. The van der Waals surface area contributed by atoms with E-state index in [0.29, 0.717) is 11.6 Å². The van der Waals surface area contributed by atoms with Crippen LogP contribution in [0, 0.1) is 11.8 Å². The molecule has 0 atom stereocenters. The van der Waals surface area contributed by atoms with Gasteiger partial charge < -0.3 is 10.4 Å². The first-order chi connectivity index (χ1) is 8.24. The van der Waals surface area contributed by atoms with Crippen LogP contribution in [-0.2, 0) is 6.54 Å². The molecule has 1 aromatic heterocycles. The average molecular weight is 251 g/mol. The van der Waals surface area contributed by atoms with E-state index in [1.54, 1.807) is 22.8 Å². The minimum Gasteiger partial charge on any atom is -0.478 e. The highest BCUT2D eigenvalue weighted by Crippen LogP contribution is 2.44. The highest BCUT2D eigenvalue weighted by molar-refractivity contribution is 7.10. The van der Waals surface area contributed by atoms with Gasteiger partial charge >= 0.3 is 5.97 Å². The van der Waals surface area contributed by atoms with E-state index in [1.807, 2.05) is 0 Å². The first kappa shape index (κ1) is 11.2. The Kier molecular flexibility index (Phi) is 2.92. The molecule has 3 rings (SSSR count). The third-order valence-electron chi connectivity index (χ3n) is 3.67. The summed E-state index contributed by atoms with van der Waals surface area (Å²) in [5, 5.41) is 14.2. The monoisotopic (exact) mass is 251 g/mol. The summed E-state index contributed by atoms with van der Waals surface area (Å²) in [7, 11) is 0. The molecule has 3 nitrogen and oxygen atoms in total. The number of thiophene rings is 1. The Hall–Kier alpha value is -0.870. The SMILES string of the molecule is O=C(O)c1csc(CNC(C2CC2)C2CC2)c1. The van der Waals surface area contributed by atoms with Crippen molar-refractivity contribution in [3.05, 3.63) is 21.9 Å². The van der Waals surface area contributed by atoms with Gasteiger partial charge in [0, 0.05) is 22.8 Å². The van der Waals surface area contributed by atoms with Crippen molar-refractivity contribution in [2.24, 2.45) is 11.8 Å². The summed E-state index contributed by atoms with van der Waals surface area (Å²) < 4.78 is 0. The number of carboxylic acids is 1. The molecule has 2 saturated carbocycles. The number of aromatic carboxylic acids is 1. The predicted octanol–water partition coefficient (Wildman–Crippen LogP) is 2.72. The Bertz CT molecular complexity index is 409. The van der Waals surface area contributed by atoms with Gasteiger partial charge in [-0.1, -0.05) is 0 Å². The van der Waals surface area contributed by atoms with Crippen molar-refractivity contribution in [1.29, 1.82) is 0 Å². The van der Waals surface area contributed by atoms with Crippen LogP contribution in [-0.4, -0.2) is 17.1 Å². The second-order valence-electron chi connectivity index (χ2n) is 5.19. The second kappa shape index (κ2) is 4.42. The molecule has 0 aromatic carbocycles. The molecule has 0 saturated heterocycles. The molecule has 4 heteroatoms. The highest BCUT2D eigenvalue weighted by Gasteiger charge is 2.40. The van der Waals surface area contributed by atoms with Gasteiger partial charge in [-0.05, 0) is 43.6 Å². The van der Waals surface area contributed by atoms with Crippen LogP contribution in [0.3, 0.4) is 0 Å². The molecule has 2 N–H and O–H groups in total. The van der Waals surface area contributed by atoms with Gasteiger partial charge in [0.15, 0.2) is 0 Å². The van der Waals surface area contributed by atoms with Gasteiger partial charge in [-0.25, -0.2) is 4.79 Å². The number of hydrogen-bond donors (Lipinski definition) is 2. The van der Waals surface area contributed by atoms with E-state index in [4.69, 9.17) is 5.11 Å². The molecule has 2 aliphatic carbocycles. The molecule has 2 fully saturated rings. The fourth-order valence-electron chi connectivity index (χ4n) is 2.43. The van der Waals surface area contributed by atoms with Crippen LogP contribution in [0.1, 0.15) is 40.9 Å². The summed E-state index contributed by atoms with van der Waals surface area (Å²) in [5.41, 5.74) is 0.418. The number of rotatable bonds is 6. The van der Waals surface area contributed by atoms with Gasteiger partial charge in [-0.15, -0.1) is 11.3 Å². The molecule has 0 spiro atoms. The fourth-order valence-corrected chi connectivity index (χ4v) is 3.24. The van der Waals surface area contributed by atoms with Gasteiger partial charge in [0.1, 0.15) is 0 Å². The summed E-state index contributed by atoms with van der Waals surface area (Å²) >= 11 is 1.54. The van der Waals surface area contributed by atoms with Gasteiger partial charge in [-0.2, -0.15) is 0 Å². The maximum Gasteiger partial charge on any atom is 0.336 e. The third kappa shape index (κ3) is 2.69. The summed E-state index contributed by atoms with van der Waals surface area (Å²) in [4.78, 5) is 11.9. The molecule has 0 bridgehead atoms. The Morgan fingerprint density at radius 2 is 2.06 bits per heavy atom. The van der Waals surface area contributed by atoms with Crippen LogP contribution in [0.5, 0.6) is 0 Å². The highest BCUT2D eigenvalue weighted by atomic mass is 32.1. The largest absolute Gasteiger partial charge is 0.478 e. The summed E-state index contributed by atoms with van der Waals surface area (Å²) in [6, 6.07) is 2.47. The van der Waals surface area contributed by atoms with Crippen LogP contribution in [0.25, 0.3) is 0 Å². The van der Waals surface area contributed by atoms with E-state index < -0.39 is 5.97 Å². The molecule has 0 amide bonds. The Balaban J connectivity index is 1.56. The summed E-state index contributed by atoms with van der Waals surface area (Å²) in [6.45, 7) is 0.829. The third-order valence-corrected chi connectivity index (χ3v) is 4.61. The summed E-state index contributed by atoms with van der Waals surface area (Å²) in [5.74, 6) is 0.955. The average Bonchev–Trinajstić information content (AvgIpc) is 3.20. The van der Waals surface area contributed by atoms with E-state index in [-0.39, 0.29) is 0 Å². The quantitative estimate of drug-likeness (QED) is 0.817. The van der Waals surface area contributed by atoms with E-state index in [1.165, 1.54) is 25.7 Å². The van der Waals surface area contributed by atoms with Crippen LogP contribution in [0.2, 0.25) is 0 Å². The zero-order valence-corrected chi connectivity index (χ0v) is 10.5. The maximum atomic E-state index is 10.8. The molecule has 0 unspecified atom stereocenters. The molecular weight excluding hydrogens is 234 g/mol. The molecule has 17 heavy (non-hydrogen) atoms. The van der Waals surface area contributed by atoms with Crippen LogP contribution in [0.4, 0.5) is 0 Å². The van der Waals surface area contributed by atoms with Gasteiger partial charge in [0.2, 0.25) is 0 Å². The van der Waals surface area contributed by atoms with Crippen LogP contribution < -0.4 is 5.32 Å². The lowest BCUT2D eigenvalue weighted by atomic mass is 10.1. The van der Waals surface area contributed by atoms with Crippen molar-refractivity contribution in [1.82, 2.24) is 5.32 Å². The van der Waals surface area contributed by atoms with E-state index in [0.717, 1.165) is 23.3 Å². The smallest absolute Gasteiger partial charge is 0.336 e. The van der Waals surface area contributed by atoms with Gasteiger partial charge in [-0.3, -0.25) is 0 Å². The fraction of sp³-hybridized carbons (Fsp3) is 0.615. The van der Waals surface area contributed by atoms with E-state index in [9.17, 15) is 4.79 Å². The molecular formula is C13H17NO2S. The van der Waals surface area contributed by atoms with Crippen molar-refractivity contribution < 1.29 is 9.90 Å². The van der Waals surface area contributed by atoms with E-state index >= 15 is 0 Å². The summed E-state index contributed by atoms with van der Waals surface area (Å²) in [6.07, 6.45) is 5.50. The molecule has 2 aliphatic rings. The van der Waals surface area contributed by atoms with Crippen LogP contribution >= 0.6 is 11.3 Å². The normalized spacial score (nSPS) is 19.8. The van der Waals surface area contributed by atoms with E-state index in [2.05, 4.69) is 5.32 Å². The Morgan fingerprint density at radius 1 is 1.41 bits per heavy atom. The topological polar surface area (TPSA) is 49.3 Å². The van der Waals surface area contributed by atoms with Crippen molar-refractivity contribution >= 4 is 17.3 Å². The van der Waals surface area contributed by atoms with Gasteiger partial charge in [0.25, 0.3) is 0 Å². The lowest BCUT2D eigenvalue weighted by molar-refractivity contribution is 0.0697. The lowest BCUT2D eigenvalue weighted by Crippen LogP contribution is -2.32. The second-order valence-corrected chi connectivity index (χ2v) is 6.18. The zero-order valence-electron chi connectivity index (χ0n) is 9.69. The lowest BCUT2D eigenvalue weighted by Gasteiger charge is -2.16. The number of carbonyl (C=O) groups is 1. The number of nitrogens with one attached hydrogen (secondary N) is 1. The first-order valence-electron chi connectivity index (χ1n) is 6.28. The number of carboxylic acid groups (broad SMARTS) is 1. The van der Waals surface area contributed by atoms with Crippen molar-refractivity contribution in [3.63, 3.8) is 0 Å². The Morgan fingerprint density at radius 3 is 2.53 bits per heavy atom. The molecule has 92 valence electrons. The maximum absolute atomic E-state index is 10.8. The molecule has 1 aromatic rings. The zero-order chi connectivity index (χ0) is 11.8. The molecule has 0 aliphatic heterocycles. The van der Waals surface area contributed by atoms with Crippen molar-refractivity contribution in [3.8, 4) is 0 Å². The standard InChI is InChI=1S/C13H17NO2S/c15-13(16)10-5-11(17-7-10)6-14-12(8-1-2-8)9-3-4-9/h5,7-9,12,14H,1-4,6H2,(H,15,16). The Labute approximate surface area is 105 Å². The van der Waals surface area contributed by atoms with Crippen LogP contribution in [0.15, 0.2) is 11.4 Å². The minimum atomic E-state index is -0.826. The van der Waals surface area contributed by atoms with Gasteiger partial charge in [0.05, 0.1) is 5.56 Å². The van der Waals surface area contributed by atoms with Crippen molar-refractivity contribution in [2.75, 3.05) is 0 Å². The number of hydrogen-bond acceptors (Lipinski definition) is 3.